The van der Waals surface area contributed by atoms with Crippen molar-refractivity contribution in [2.24, 2.45) is 0 Å². The fourth-order valence-electron chi connectivity index (χ4n) is 4.99. The lowest BCUT2D eigenvalue weighted by molar-refractivity contribution is -0.0369. The SMILES string of the molecule is O=C(NCc1nn(C2CCCCO2)c2ccc(Cl)cc12)c1cncc(Nc2ccc(Cn3ccccc3=O)cc2)c1. The summed E-state index contributed by atoms with van der Waals surface area (Å²) >= 11 is 6.29. The summed E-state index contributed by atoms with van der Waals surface area (Å²) in [5.41, 5.74) is 4.56. The smallest absolute Gasteiger partial charge is 0.253 e. The van der Waals surface area contributed by atoms with E-state index in [0.717, 1.165) is 47.1 Å². The third-order valence-corrected chi connectivity index (χ3v) is 7.32. The summed E-state index contributed by atoms with van der Waals surface area (Å²) in [6, 6.07) is 20.3. The van der Waals surface area contributed by atoms with Gasteiger partial charge in [-0.2, -0.15) is 5.10 Å². The minimum absolute atomic E-state index is 0.0422. The van der Waals surface area contributed by atoms with E-state index in [2.05, 4.69) is 15.6 Å². The van der Waals surface area contributed by atoms with Crippen molar-refractivity contribution in [3.8, 4) is 0 Å². The minimum atomic E-state index is -0.261. The highest BCUT2D eigenvalue weighted by atomic mass is 35.5. The molecule has 0 bridgehead atoms. The van der Waals surface area contributed by atoms with Crippen molar-refractivity contribution >= 4 is 39.8 Å². The van der Waals surface area contributed by atoms with Gasteiger partial charge < -0.3 is 19.9 Å². The molecule has 4 heterocycles. The van der Waals surface area contributed by atoms with E-state index in [-0.39, 0.29) is 24.2 Å². The molecule has 6 rings (SSSR count). The number of anilines is 2. The Morgan fingerprint density at radius 1 is 1.02 bits per heavy atom. The van der Waals surface area contributed by atoms with E-state index < -0.39 is 0 Å². The van der Waals surface area contributed by atoms with Crippen molar-refractivity contribution in [3.05, 3.63) is 118 Å². The first-order valence-corrected chi connectivity index (χ1v) is 13.9. The number of aromatic nitrogens is 4. The number of amides is 1. The summed E-state index contributed by atoms with van der Waals surface area (Å²) in [5.74, 6) is -0.261. The van der Waals surface area contributed by atoms with E-state index in [1.807, 2.05) is 53.2 Å². The molecule has 208 valence electrons. The van der Waals surface area contributed by atoms with Crippen LogP contribution in [-0.4, -0.2) is 31.8 Å². The molecule has 0 radical (unpaired) electrons. The number of rotatable bonds is 8. The molecule has 1 amide bonds. The van der Waals surface area contributed by atoms with Crippen molar-refractivity contribution in [2.75, 3.05) is 11.9 Å². The number of carbonyl (C=O) groups excluding carboxylic acids is 1. The molecular weight excluding hydrogens is 540 g/mol. The van der Waals surface area contributed by atoms with Crippen LogP contribution in [0.2, 0.25) is 5.02 Å². The number of nitrogens with zero attached hydrogens (tertiary/aromatic N) is 4. The van der Waals surface area contributed by atoms with Gasteiger partial charge in [0.15, 0.2) is 6.23 Å². The lowest BCUT2D eigenvalue weighted by Crippen LogP contribution is -2.24. The zero-order valence-electron chi connectivity index (χ0n) is 22.3. The normalized spacial score (nSPS) is 15.1. The van der Waals surface area contributed by atoms with Gasteiger partial charge in [-0.05, 0) is 67.3 Å². The van der Waals surface area contributed by atoms with Crippen LogP contribution in [0.25, 0.3) is 10.9 Å². The molecule has 3 aromatic heterocycles. The molecule has 1 saturated heterocycles. The molecule has 5 aromatic rings. The Kier molecular flexibility index (Phi) is 7.80. The molecule has 2 aromatic carbocycles. The van der Waals surface area contributed by atoms with Crippen LogP contribution in [0, 0.1) is 0 Å². The van der Waals surface area contributed by atoms with Gasteiger partial charge in [0, 0.05) is 41.2 Å². The van der Waals surface area contributed by atoms with Crippen molar-refractivity contribution < 1.29 is 9.53 Å². The maximum absolute atomic E-state index is 13.1. The number of hydrogen-bond donors (Lipinski definition) is 2. The van der Waals surface area contributed by atoms with Gasteiger partial charge >= 0.3 is 0 Å². The van der Waals surface area contributed by atoms with E-state index in [1.165, 1.54) is 6.20 Å². The summed E-state index contributed by atoms with van der Waals surface area (Å²) < 4.78 is 9.52. The molecule has 2 N–H and O–H groups in total. The maximum Gasteiger partial charge on any atom is 0.253 e. The Labute approximate surface area is 241 Å². The Balaban J connectivity index is 1.13. The standard InChI is InChI=1S/C31H29ClN6O3/c32-23-9-12-28-26(16-23)27(36-38(28)30-6-2-4-14-41-30)19-34-31(40)22-15-25(18-33-17-22)35-24-10-7-21(8-11-24)20-37-13-3-1-5-29(37)39/h1,3,5,7-13,15-18,30,35H,2,4,6,14,19-20H2,(H,34,40). The fraction of sp³-hybridized carbons (Fsp3) is 0.226. The molecule has 0 spiro atoms. The van der Waals surface area contributed by atoms with Gasteiger partial charge in [0.05, 0.1) is 41.7 Å². The topological polar surface area (TPSA) is 103 Å². The summed E-state index contributed by atoms with van der Waals surface area (Å²) in [4.78, 5) is 29.3. The van der Waals surface area contributed by atoms with Crippen LogP contribution in [0.1, 0.15) is 47.1 Å². The molecule has 1 fully saturated rings. The lowest BCUT2D eigenvalue weighted by atomic mass is 10.1. The van der Waals surface area contributed by atoms with Gasteiger partial charge in [0.1, 0.15) is 0 Å². The highest BCUT2D eigenvalue weighted by molar-refractivity contribution is 6.31. The molecule has 1 aliphatic heterocycles. The van der Waals surface area contributed by atoms with Gasteiger partial charge in [-0.25, -0.2) is 4.68 Å². The minimum Gasteiger partial charge on any atom is -0.356 e. The molecule has 9 nitrogen and oxygen atoms in total. The van der Waals surface area contributed by atoms with Crippen LogP contribution < -0.4 is 16.2 Å². The van der Waals surface area contributed by atoms with E-state index >= 15 is 0 Å². The van der Waals surface area contributed by atoms with Crippen molar-refractivity contribution in [3.63, 3.8) is 0 Å². The van der Waals surface area contributed by atoms with E-state index in [4.69, 9.17) is 21.4 Å². The molecule has 10 heteroatoms. The number of pyridine rings is 2. The van der Waals surface area contributed by atoms with Gasteiger partial charge in [0.2, 0.25) is 0 Å². The zero-order valence-corrected chi connectivity index (χ0v) is 23.1. The molecular formula is C31H29ClN6O3. The largest absolute Gasteiger partial charge is 0.356 e. The number of fused-ring (bicyclic) bond motifs is 1. The van der Waals surface area contributed by atoms with Gasteiger partial charge in [-0.15, -0.1) is 0 Å². The quantitative estimate of drug-likeness (QED) is 0.250. The maximum atomic E-state index is 13.1. The number of ether oxygens (including phenoxy) is 1. The zero-order chi connectivity index (χ0) is 28.2. The fourth-order valence-corrected chi connectivity index (χ4v) is 5.16. The molecule has 1 aliphatic rings. The average Bonchev–Trinajstić information content (AvgIpc) is 3.36. The van der Waals surface area contributed by atoms with E-state index in [1.54, 1.807) is 35.2 Å². The monoisotopic (exact) mass is 568 g/mol. The first kappa shape index (κ1) is 26.7. The molecule has 41 heavy (non-hydrogen) atoms. The van der Waals surface area contributed by atoms with Gasteiger partial charge in [-0.1, -0.05) is 29.8 Å². The summed E-state index contributed by atoms with van der Waals surface area (Å²) in [6.07, 6.45) is 7.87. The highest BCUT2D eigenvalue weighted by Crippen LogP contribution is 2.30. The Morgan fingerprint density at radius 3 is 2.71 bits per heavy atom. The number of benzene rings is 2. The first-order valence-electron chi connectivity index (χ1n) is 13.6. The van der Waals surface area contributed by atoms with Crippen LogP contribution in [0.3, 0.4) is 0 Å². The number of nitrogens with one attached hydrogen (secondary N) is 2. The van der Waals surface area contributed by atoms with Crippen LogP contribution in [0.15, 0.2) is 90.1 Å². The number of hydrogen-bond acceptors (Lipinski definition) is 6. The third-order valence-electron chi connectivity index (χ3n) is 7.08. The second kappa shape index (κ2) is 12.0. The van der Waals surface area contributed by atoms with E-state index in [0.29, 0.717) is 29.4 Å². The predicted octanol–water partition coefficient (Wildman–Crippen LogP) is 5.67. The van der Waals surface area contributed by atoms with E-state index in [9.17, 15) is 9.59 Å². The van der Waals surface area contributed by atoms with Crippen molar-refractivity contribution in [1.82, 2.24) is 24.6 Å². The predicted molar refractivity (Wildman–Crippen MR) is 159 cm³/mol. The summed E-state index contributed by atoms with van der Waals surface area (Å²) in [7, 11) is 0. The molecule has 0 saturated carbocycles. The second-order valence-electron chi connectivity index (χ2n) is 10.0. The van der Waals surface area contributed by atoms with Crippen LogP contribution in [-0.2, 0) is 17.8 Å². The number of carbonyl (C=O) groups is 1. The lowest BCUT2D eigenvalue weighted by Gasteiger charge is -2.23. The Hall–Kier alpha value is -4.47. The van der Waals surface area contributed by atoms with Crippen molar-refractivity contribution in [2.45, 2.75) is 38.6 Å². The number of halogens is 1. The van der Waals surface area contributed by atoms with Crippen LogP contribution >= 0.6 is 11.6 Å². The van der Waals surface area contributed by atoms with Gasteiger partial charge in [0.25, 0.3) is 11.5 Å². The van der Waals surface area contributed by atoms with Crippen LogP contribution in [0.4, 0.5) is 11.4 Å². The Bertz CT molecular complexity index is 1740. The van der Waals surface area contributed by atoms with Crippen LogP contribution in [0.5, 0.6) is 0 Å². The average molecular weight is 569 g/mol. The van der Waals surface area contributed by atoms with Crippen molar-refractivity contribution in [1.29, 1.82) is 0 Å². The first-order chi connectivity index (χ1) is 20.0. The molecule has 1 atom stereocenters. The highest BCUT2D eigenvalue weighted by Gasteiger charge is 2.21. The Morgan fingerprint density at radius 2 is 1.90 bits per heavy atom. The molecule has 1 unspecified atom stereocenters. The van der Waals surface area contributed by atoms with Gasteiger partial charge in [-0.3, -0.25) is 14.6 Å². The third kappa shape index (κ3) is 6.16. The molecule has 0 aliphatic carbocycles. The summed E-state index contributed by atoms with van der Waals surface area (Å²) in [6.45, 7) is 1.44. The second-order valence-corrected chi connectivity index (χ2v) is 10.4. The summed E-state index contributed by atoms with van der Waals surface area (Å²) in [5, 5.41) is 12.6.